The summed E-state index contributed by atoms with van der Waals surface area (Å²) in [6, 6.07) is 18.8. The summed E-state index contributed by atoms with van der Waals surface area (Å²) in [5.41, 5.74) is 0.926. The molecule has 0 atom stereocenters. The van der Waals surface area contributed by atoms with Crippen LogP contribution in [0.1, 0.15) is 247 Å². The first-order valence-corrected chi connectivity index (χ1v) is 26.6. The van der Waals surface area contributed by atoms with Crippen LogP contribution in [0.2, 0.25) is 0 Å². The van der Waals surface area contributed by atoms with E-state index >= 15 is 0 Å². The first-order chi connectivity index (χ1) is 48.1. The van der Waals surface area contributed by atoms with Gasteiger partial charge in [0.1, 0.15) is 29.9 Å². The SMILES string of the molecule is CC(C)(C)c1ccc(O)cc1.COC(=O)Cl.[2H]C([2H])([2H])C(C)(c1cc(C(C)(C)C)c(N)cc1O)C([2H])([2H])[2H].[2H]Cl.[2H]Oc1c([2H])cc(C(C)(C)C)cc1C(C)(C([2H])([2H])[2H])C([2H])([2H])[2H].[2H]Oc1c([2H])cc(C(C)(C)C)cc1[2H].[2H][O+]([2H])S(=O)(=O)O.[2H]c1cc(C(C)(C)C)cc(C(C)(C([2H])([2H])[2H])C([2H])([2H])[2H])c1OC(C)=O.[CH3-].[Pd]. The van der Waals surface area contributed by atoms with Gasteiger partial charge in [-0.25, -0.2) is 9.35 Å². The van der Waals surface area contributed by atoms with Crippen LogP contribution in [-0.4, -0.2) is 63.4 Å². The first-order valence-electron chi connectivity index (χ1n) is 37.9. The molecule has 0 amide bonds. The van der Waals surface area contributed by atoms with Crippen molar-refractivity contribution < 1.29 is 108 Å². The Kier molecular flexibility index (Phi) is 19.7. The Labute approximate surface area is 570 Å². The monoisotopic (exact) mass is 1350 g/mol. The van der Waals surface area contributed by atoms with Gasteiger partial charge >= 0.3 is 24.7 Å². The zero-order valence-electron chi connectivity index (χ0n) is 79.0. The Morgan fingerprint density at radius 1 is 0.571 bits per heavy atom. The second kappa shape index (κ2) is 35.1. The number of nitrogens with two attached hydrogens (primary N) is 1. The van der Waals surface area contributed by atoms with Crippen molar-refractivity contribution in [3.05, 3.63) is 149 Å². The number of phenolic OH excluding ortho intramolecular Hbond substituents is 4. The average Bonchev–Trinajstić information content (AvgIpc) is 0.741. The van der Waals surface area contributed by atoms with E-state index in [4.69, 9.17) is 57.2 Å². The van der Waals surface area contributed by atoms with E-state index in [1.165, 1.54) is 49.1 Å². The number of carbonyl (C=O) groups excluding carboxylic acids is 2. The zero-order chi connectivity index (χ0) is 87.9. The molecule has 0 aliphatic carbocycles. The smallest absolute Gasteiger partial charge is 0.508 e. The third kappa shape index (κ3) is 36.2. The van der Waals surface area contributed by atoms with Gasteiger partial charge in [-0.2, -0.15) is 0 Å². The van der Waals surface area contributed by atoms with Gasteiger partial charge < -0.3 is 47.6 Å². The molecule has 13 nitrogen and oxygen atoms in total. The van der Waals surface area contributed by atoms with Gasteiger partial charge in [-0.3, -0.25) is 4.79 Å². The molecular formula is C67H107Cl2NO12PdS. The van der Waals surface area contributed by atoms with Crippen LogP contribution in [-0.2, 0) is 83.7 Å². The van der Waals surface area contributed by atoms with Gasteiger partial charge in [0, 0.05) is 80.9 Å². The molecule has 0 saturated carbocycles. The molecule has 0 fully saturated rings. The van der Waals surface area contributed by atoms with Crippen LogP contribution in [0.5, 0.6) is 28.7 Å². The van der Waals surface area contributed by atoms with E-state index in [-0.39, 0.29) is 101 Å². The van der Waals surface area contributed by atoms with Gasteiger partial charge in [-0.1, -0.05) is 214 Å². The Bertz CT molecular complexity index is 3850. The largest absolute Gasteiger partial charge is 0.526 e. The van der Waals surface area contributed by atoms with Crippen LogP contribution < -0.4 is 10.5 Å². The molecule has 5 aromatic carbocycles. The van der Waals surface area contributed by atoms with Crippen molar-refractivity contribution in [1.29, 1.82) is 6.90 Å². The number of nitrogen functional groups attached to an aromatic ring is 1. The predicted octanol–water partition coefficient (Wildman–Crippen LogP) is 17.5. The van der Waals surface area contributed by atoms with E-state index in [1.54, 1.807) is 24.3 Å². The number of aromatic hydroxyl groups is 4. The number of ether oxygens (including phenoxy) is 2. The molecule has 0 heterocycles. The van der Waals surface area contributed by atoms with Crippen molar-refractivity contribution in [3.63, 3.8) is 0 Å². The molecule has 482 valence electrons. The molecule has 0 unspecified atom stereocenters. The molecule has 0 spiro atoms. The maximum Gasteiger partial charge on any atom is 0.526 e. The summed E-state index contributed by atoms with van der Waals surface area (Å²) in [5.74, 6) is -1.49. The number of rotatable bonds is 4. The normalized spacial score (nSPS) is 17.0. The van der Waals surface area contributed by atoms with Crippen LogP contribution in [0.15, 0.2) is 97.0 Å². The van der Waals surface area contributed by atoms with Crippen molar-refractivity contribution in [1.82, 2.24) is 0 Å². The van der Waals surface area contributed by atoms with Crippen LogP contribution >= 0.6 is 23.9 Å². The average molecular weight is 1360 g/mol. The number of hydrogen-bond acceptors (Lipinski definition) is 11. The van der Waals surface area contributed by atoms with Crippen LogP contribution in [0, 0.1) is 7.43 Å². The molecule has 9 N–H and O–H groups in total. The molecule has 5 aromatic rings. The molecular weight excluding hydrogens is 1220 g/mol. The standard InChI is InChI=1S/C16H24O2.C14H23NO.C14H22O.2C10H14O.C2H3ClO2.CH3.ClH.H2O4S.Pd/c1-11(17)18-14-9-8-12(15(2,3)4)10-13(14)16(5,6)7;1-13(2,3)9-7-10(14(4,5)6)12(16)8-11(9)15;1-13(2,3)10-7-8-12(15)11(9-10)14(4,5)6;2*1-10(2,3)8-4-6-9(11)7-5-8;1-5-2(3)4;;;1-5(2,3)4;/h8-10H,1-7H3;7-8,16H,15H2,1-6H3;7-9,15H,1-6H3;2*4-7,11H,1-3H3;1H3;1H3;1H;(H2,1,2,3,4);/q;;;;;;-1;;;/p+1/i5D3,6D3,9D;4D3,5D3;4D3,5D3,8D;6D,7D;;;;;;/hD5. The van der Waals surface area contributed by atoms with E-state index in [2.05, 4.69) is 59.6 Å². The minimum Gasteiger partial charge on any atom is -0.508 e. The Morgan fingerprint density at radius 2 is 0.929 bits per heavy atom. The fourth-order valence-corrected chi connectivity index (χ4v) is 6.22. The number of halogens is 2. The summed E-state index contributed by atoms with van der Waals surface area (Å²) in [7, 11) is -3.44. The second-order valence-electron chi connectivity index (χ2n) is 24.2. The van der Waals surface area contributed by atoms with Crippen LogP contribution in [0.25, 0.3) is 0 Å². The molecule has 0 bridgehead atoms. The molecule has 84 heavy (non-hydrogen) atoms. The Balaban J connectivity index is -0.000000409. The number of methoxy groups -OCH3 is 1. The van der Waals surface area contributed by atoms with Crippen LogP contribution in [0.3, 0.4) is 0 Å². The molecule has 0 aliphatic rings. The van der Waals surface area contributed by atoms with Crippen LogP contribution in [0.4, 0.5) is 10.5 Å². The number of esters is 1. The number of phenols is 4. The molecule has 17 heteroatoms. The summed E-state index contributed by atoms with van der Waals surface area (Å²) < 4.78 is 237. The molecule has 0 saturated heterocycles. The summed E-state index contributed by atoms with van der Waals surface area (Å²) in [4.78, 5) is 20.8. The van der Waals surface area contributed by atoms with Gasteiger partial charge in [-0.05, 0) is 125 Å². The summed E-state index contributed by atoms with van der Waals surface area (Å²) in [5, 5.41) is 27.8. The van der Waals surface area contributed by atoms with Crippen molar-refractivity contribution in [2.45, 2.75) is 216 Å². The van der Waals surface area contributed by atoms with Crippen molar-refractivity contribution >= 4 is 51.4 Å². The molecule has 0 aliphatic heterocycles. The maximum absolute atomic E-state index is 11.4. The third-order valence-corrected chi connectivity index (χ3v) is 11.0. The second-order valence-corrected chi connectivity index (χ2v) is 25.4. The van der Waals surface area contributed by atoms with Crippen molar-refractivity contribution in [2.24, 2.45) is 0 Å². The van der Waals surface area contributed by atoms with E-state index in [9.17, 15) is 23.1 Å². The van der Waals surface area contributed by atoms with E-state index in [1.807, 2.05) is 95.2 Å². The number of hydrogen-bond donors (Lipinski definition) is 6. The third-order valence-electron chi connectivity index (χ3n) is 10.9. The summed E-state index contributed by atoms with van der Waals surface area (Å²) in [6.07, 6.45) is 0. The number of benzene rings is 5. The number of anilines is 1. The van der Waals surface area contributed by atoms with Gasteiger partial charge in [0.05, 0.1) is 12.6 Å². The maximum atomic E-state index is 11.4. The number of carbonyl (C=O) groups is 2. The Hall–Kier alpha value is -4.85. The van der Waals surface area contributed by atoms with Crippen molar-refractivity contribution in [3.8, 4) is 28.7 Å². The first kappa shape index (κ1) is 47.2. The Morgan fingerprint density at radius 3 is 1.26 bits per heavy atom. The summed E-state index contributed by atoms with van der Waals surface area (Å²) >= 11 is 8.49. The van der Waals surface area contributed by atoms with Gasteiger partial charge in [0.2, 0.25) is 0 Å². The molecule has 0 radical (unpaired) electrons. The van der Waals surface area contributed by atoms with E-state index in [0.717, 1.165) is 33.3 Å². The molecule has 0 aromatic heterocycles. The zero-order valence-corrected chi connectivity index (χ0v) is 55.9. The minimum atomic E-state index is -4.66. The van der Waals surface area contributed by atoms with Gasteiger partial charge in [-0.15, -0.1) is 20.7 Å². The van der Waals surface area contributed by atoms with E-state index in [0.29, 0.717) is 28.1 Å². The quantitative estimate of drug-likeness (QED) is 0.0144. The summed E-state index contributed by atoms with van der Waals surface area (Å²) in [6.45, 7) is 16.6. The topological polar surface area (TPSA) is 237 Å². The fourth-order valence-electron chi connectivity index (χ4n) is 6.22. The molecule has 5 rings (SSSR count). The van der Waals surface area contributed by atoms with Crippen molar-refractivity contribution in [2.75, 3.05) is 12.8 Å². The minimum absolute atomic E-state index is 0. The van der Waals surface area contributed by atoms with Gasteiger partial charge in [0.15, 0.2) is 0 Å². The van der Waals surface area contributed by atoms with Gasteiger partial charge in [0.25, 0.3) is 2.86 Å². The van der Waals surface area contributed by atoms with E-state index < -0.39 is 101 Å². The fraction of sp³-hybridized carbons (Fsp3) is 0.507. The predicted molar refractivity (Wildman–Crippen MR) is 351 cm³/mol.